The van der Waals surface area contributed by atoms with Crippen molar-refractivity contribution in [1.29, 1.82) is 0 Å². The van der Waals surface area contributed by atoms with Crippen LogP contribution in [0.4, 0.5) is 0 Å². The first-order chi connectivity index (χ1) is 4.27. The van der Waals surface area contributed by atoms with Crippen molar-refractivity contribution in [3.05, 3.63) is 7.05 Å². The molecule has 0 aromatic rings. The molecular weight excluding hydrogens is 112 g/mol. The lowest BCUT2D eigenvalue weighted by Gasteiger charge is -2.32. The molecule has 0 aromatic carbocycles. The molecule has 3 radical (unpaired) electrons. The van der Waals surface area contributed by atoms with E-state index >= 15 is 0 Å². The van der Waals surface area contributed by atoms with E-state index in [0.29, 0.717) is 0 Å². The predicted octanol–water partition coefficient (Wildman–Crippen LogP) is 0.741. The topological polar surface area (TPSA) is 38.0 Å². The molecule has 0 unspecified atom stereocenters. The van der Waals surface area contributed by atoms with Gasteiger partial charge in [0.15, 0.2) is 0 Å². The second-order valence-electron chi connectivity index (χ2n) is 2.84. The summed E-state index contributed by atoms with van der Waals surface area (Å²) in [7, 11) is 6.92. The Hall–Kier alpha value is -0.0800. The monoisotopic (exact) mass is 125 g/mol. The van der Waals surface area contributed by atoms with Gasteiger partial charge in [0.25, 0.3) is 0 Å². The predicted molar refractivity (Wildman–Crippen MR) is 36.4 cm³/mol. The van der Waals surface area contributed by atoms with Crippen molar-refractivity contribution in [3.63, 3.8) is 0 Å². The van der Waals surface area contributed by atoms with Gasteiger partial charge in [-0.25, -0.2) is 0 Å². The maximum absolute atomic E-state index is 6.92. The van der Waals surface area contributed by atoms with Crippen molar-refractivity contribution in [3.8, 4) is 0 Å². The molecule has 0 aliphatic heterocycles. The fourth-order valence-corrected chi connectivity index (χ4v) is 1.31. The smallest absolute Gasteiger partial charge is 0.0866 e. The van der Waals surface area contributed by atoms with Crippen LogP contribution in [0.25, 0.3) is 0 Å². The highest BCUT2D eigenvalue weighted by Crippen LogP contribution is 2.22. The van der Waals surface area contributed by atoms with E-state index < -0.39 is 0 Å². The zero-order valence-electron chi connectivity index (χ0n) is 5.61. The Labute approximate surface area is 56.8 Å². The molecule has 0 atom stereocenters. The first-order valence-corrected chi connectivity index (χ1v) is 3.50. The van der Waals surface area contributed by atoms with E-state index in [4.69, 9.17) is 12.8 Å². The summed E-state index contributed by atoms with van der Waals surface area (Å²) in [6.45, 7) is 0. The van der Waals surface area contributed by atoms with Crippen LogP contribution in [0.5, 0.6) is 0 Å². The summed E-state index contributed by atoms with van der Waals surface area (Å²) in [6, 6.07) is 0. The molecule has 3 N–H and O–H groups in total. The summed E-state index contributed by atoms with van der Waals surface area (Å²) < 4.78 is 0. The molecule has 0 aromatic heterocycles. The minimum Gasteiger partial charge on any atom is -0.313 e. The minimum atomic E-state index is -0.363. The summed E-state index contributed by atoms with van der Waals surface area (Å²) in [5, 5.41) is 2.41. The standard InChI is InChI=1S/C7H13N2/c1-9-7(8)5-3-2-4-6-7/h9H,2-6,8H2. The van der Waals surface area contributed by atoms with E-state index in [1.807, 2.05) is 0 Å². The van der Waals surface area contributed by atoms with E-state index in [2.05, 4.69) is 5.32 Å². The molecule has 0 amide bonds. The molecule has 1 fully saturated rings. The van der Waals surface area contributed by atoms with Crippen LogP contribution in [0.3, 0.4) is 0 Å². The highest BCUT2D eigenvalue weighted by Gasteiger charge is 2.24. The summed E-state index contributed by atoms with van der Waals surface area (Å²) >= 11 is 0. The molecule has 2 heteroatoms. The largest absolute Gasteiger partial charge is 0.313 e. The minimum absolute atomic E-state index is 0.363. The van der Waals surface area contributed by atoms with Crippen LogP contribution in [-0.4, -0.2) is 5.66 Å². The molecule has 1 aliphatic carbocycles. The highest BCUT2D eigenvalue weighted by atomic mass is 15.1. The average Bonchev–Trinajstić information content (AvgIpc) is 1.90. The number of rotatable bonds is 1. The van der Waals surface area contributed by atoms with Gasteiger partial charge in [-0.3, -0.25) is 5.32 Å². The third-order valence-electron chi connectivity index (χ3n) is 1.99. The van der Waals surface area contributed by atoms with E-state index in [-0.39, 0.29) is 5.66 Å². The summed E-state index contributed by atoms with van der Waals surface area (Å²) in [5.41, 5.74) is 5.40. The Morgan fingerprint density at radius 2 is 1.78 bits per heavy atom. The normalized spacial score (nSPS) is 26.0. The van der Waals surface area contributed by atoms with Gasteiger partial charge >= 0.3 is 0 Å². The van der Waals surface area contributed by atoms with E-state index in [1.54, 1.807) is 0 Å². The van der Waals surface area contributed by atoms with Gasteiger partial charge in [0.05, 0.1) is 12.7 Å². The highest BCUT2D eigenvalue weighted by molar-refractivity contribution is 4.83. The van der Waals surface area contributed by atoms with Gasteiger partial charge in [0.1, 0.15) is 0 Å². The van der Waals surface area contributed by atoms with Crippen LogP contribution < -0.4 is 11.1 Å². The lowest BCUT2D eigenvalue weighted by atomic mass is 9.90. The first kappa shape index (κ1) is 7.03. The first-order valence-electron chi connectivity index (χ1n) is 3.50. The number of nitrogens with one attached hydrogen (secondary N) is 1. The van der Waals surface area contributed by atoms with Gasteiger partial charge in [-0.05, 0) is 12.8 Å². The molecule has 9 heavy (non-hydrogen) atoms. The van der Waals surface area contributed by atoms with Crippen LogP contribution in [0.15, 0.2) is 0 Å². The van der Waals surface area contributed by atoms with Crippen LogP contribution in [0.2, 0.25) is 0 Å². The quantitative estimate of drug-likeness (QED) is 0.507. The fourth-order valence-electron chi connectivity index (χ4n) is 1.31. The van der Waals surface area contributed by atoms with Crippen LogP contribution >= 0.6 is 0 Å². The van der Waals surface area contributed by atoms with Gasteiger partial charge in [0, 0.05) is 0 Å². The van der Waals surface area contributed by atoms with Gasteiger partial charge in [0.2, 0.25) is 0 Å². The molecule has 1 aliphatic rings. The van der Waals surface area contributed by atoms with Gasteiger partial charge in [-0.15, -0.1) is 0 Å². The summed E-state index contributed by atoms with van der Waals surface area (Å²) in [4.78, 5) is 0. The average molecular weight is 125 g/mol. The van der Waals surface area contributed by atoms with Crippen molar-refractivity contribution in [2.75, 3.05) is 0 Å². The van der Waals surface area contributed by atoms with Crippen LogP contribution in [0, 0.1) is 7.05 Å². The zero-order chi connectivity index (χ0) is 6.74. The van der Waals surface area contributed by atoms with Crippen LogP contribution in [0.1, 0.15) is 32.1 Å². The van der Waals surface area contributed by atoms with Gasteiger partial charge in [-0.2, -0.15) is 0 Å². The maximum atomic E-state index is 6.92. The zero-order valence-corrected chi connectivity index (χ0v) is 5.61. The Kier molecular flexibility index (Phi) is 2.09. The van der Waals surface area contributed by atoms with Crippen molar-refractivity contribution in [2.24, 2.45) is 5.73 Å². The summed E-state index contributed by atoms with van der Waals surface area (Å²) in [5.74, 6) is 0. The summed E-state index contributed by atoms with van der Waals surface area (Å²) in [6.07, 6.45) is 5.53. The molecule has 0 bridgehead atoms. The second-order valence-corrected chi connectivity index (χ2v) is 2.84. The third kappa shape index (κ3) is 1.66. The molecular formula is C7H13N2. The molecule has 1 rings (SSSR count). The number of hydrogen-bond acceptors (Lipinski definition) is 2. The van der Waals surface area contributed by atoms with Gasteiger partial charge < -0.3 is 5.73 Å². The molecule has 0 saturated heterocycles. The maximum Gasteiger partial charge on any atom is 0.0866 e. The second kappa shape index (κ2) is 2.67. The van der Waals surface area contributed by atoms with Gasteiger partial charge in [-0.1, -0.05) is 19.3 Å². The van der Waals surface area contributed by atoms with E-state index in [9.17, 15) is 0 Å². The Balaban J connectivity index is 2.37. The number of hydrogen-bond donors (Lipinski definition) is 2. The lowest BCUT2D eigenvalue weighted by molar-refractivity contribution is 0.264. The Morgan fingerprint density at radius 1 is 1.22 bits per heavy atom. The molecule has 51 valence electrons. The van der Waals surface area contributed by atoms with Crippen molar-refractivity contribution in [2.45, 2.75) is 37.8 Å². The number of nitrogens with two attached hydrogens (primary N) is 1. The molecule has 0 spiro atoms. The fraction of sp³-hybridized carbons (Fsp3) is 0.857. The lowest BCUT2D eigenvalue weighted by Crippen LogP contribution is -2.51. The van der Waals surface area contributed by atoms with Crippen molar-refractivity contribution >= 4 is 0 Å². The third-order valence-corrected chi connectivity index (χ3v) is 1.99. The van der Waals surface area contributed by atoms with Crippen molar-refractivity contribution in [1.82, 2.24) is 5.32 Å². The molecule has 0 heterocycles. The van der Waals surface area contributed by atoms with Crippen molar-refractivity contribution < 1.29 is 0 Å². The molecule has 2 nitrogen and oxygen atoms in total. The van der Waals surface area contributed by atoms with E-state index in [1.165, 1.54) is 19.3 Å². The van der Waals surface area contributed by atoms with Crippen LogP contribution in [-0.2, 0) is 0 Å². The molecule has 1 saturated carbocycles. The Morgan fingerprint density at radius 3 is 2.11 bits per heavy atom. The Bertz CT molecular complexity index is 84.9. The SMILES string of the molecule is [C]NC1(N)CCCCC1. The van der Waals surface area contributed by atoms with E-state index in [0.717, 1.165) is 12.8 Å².